The third-order valence-electron chi connectivity index (χ3n) is 12.1. The van der Waals surface area contributed by atoms with Crippen molar-refractivity contribution in [2.45, 2.75) is 160 Å². The van der Waals surface area contributed by atoms with Crippen LogP contribution in [-0.4, -0.2) is 320 Å². The summed E-state index contributed by atoms with van der Waals surface area (Å²) in [7, 11) is -33.9. The van der Waals surface area contributed by atoms with E-state index >= 15 is 0 Å². The summed E-state index contributed by atoms with van der Waals surface area (Å²) < 4.78 is 265. The Bertz CT molecular complexity index is 3050. The molecule has 0 radical (unpaired) electrons. The first kappa shape index (κ1) is 72.7. The lowest BCUT2D eigenvalue weighted by molar-refractivity contribution is -0.374. The Labute approximate surface area is 475 Å². The fourth-order valence-electron chi connectivity index (χ4n) is 8.65. The molecule has 85 heavy (non-hydrogen) atoms. The van der Waals surface area contributed by atoms with Crippen LogP contribution in [0, 0.1) is 0 Å². The van der Waals surface area contributed by atoms with Crippen LogP contribution in [0.5, 0.6) is 0 Å². The van der Waals surface area contributed by atoms with Crippen LogP contribution in [0.2, 0.25) is 0 Å². The molecule has 5 aliphatic heterocycles. The molecule has 5 heterocycles. The molecule has 1 amide bonds. The van der Waals surface area contributed by atoms with E-state index in [1.54, 1.807) is 0 Å². The molecule has 19 N–H and O–H groups in total. The predicted molar refractivity (Wildman–Crippen MR) is 246 cm³/mol. The molecule has 0 spiro atoms. The Morgan fingerprint density at radius 1 is 0.400 bits per heavy atom. The number of rotatable bonds is 26. The number of carboxylic acid groups (broad SMARTS) is 2. The molecule has 47 nitrogen and oxygen atoms in total. The quantitative estimate of drug-likeness (QED) is 0.0358. The van der Waals surface area contributed by atoms with Crippen LogP contribution in [0.1, 0.15) is 6.92 Å². The van der Waals surface area contributed by atoms with E-state index in [1.165, 1.54) is 9.44 Å². The van der Waals surface area contributed by atoms with Crippen molar-refractivity contribution >= 4 is 80.1 Å². The Morgan fingerprint density at radius 2 is 0.788 bits per heavy atom. The summed E-state index contributed by atoms with van der Waals surface area (Å²) in [5.74, 6) is -5.63. The van der Waals surface area contributed by atoms with Gasteiger partial charge in [-0.25, -0.2) is 26.3 Å². The second-order valence-electron chi connectivity index (χ2n) is 18.1. The monoisotopic (exact) mass is 1380 g/mol. The van der Waals surface area contributed by atoms with Gasteiger partial charge in [-0.05, 0) is 0 Å². The zero-order valence-electron chi connectivity index (χ0n) is 41.6. The summed E-state index contributed by atoms with van der Waals surface area (Å²) in [6.07, 6.45) is -59.4. The fourth-order valence-corrected chi connectivity index (χ4v) is 11.3. The van der Waals surface area contributed by atoms with Crippen LogP contribution >= 0.6 is 0 Å². The second kappa shape index (κ2) is 28.0. The normalized spacial score (nSPS) is 40.1. The van der Waals surface area contributed by atoms with E-state index in [0.29, 0.717) is 0 Å². The molecule has 25 atom stereocenters. The van der Waals surface area contributed by atoms with Crippen LogP contribution in [-0.2, 0) is 136 Å². The van der Waals surface area contributed by atoms with E-state index in [-0.39, 0.29) is 0 Å². The van der Waals surface area contributed by atoms with Crippen LogP contribution in [0.4, 0.5) is 0 Å². The standard InChI is InChI=1S/C32H53N3O44S6/c1-5(36)33-10-13(38)12(37)6(2-67-82(55,56)57)71-29(10)75-21-16(41)17(42)31(77-24(21)26(44)45)73-20-8(4-69-84(61,62)63)72-30(11(15(20)40)35-81(52,53)54)76-22-18(43)23(79-85(64,65)66)32(78-25(22)27(46)47)74-19-7(3-68-83(58,59)60)70-28(48)9(14(19)39)34-80(49,50)51/h6-25,28-32,34-35,37-43,48H,2-4H2,1H3,(H,33,36)(H,44,45)(H,46,47)(H,49,50,51)(H,52,53,54)(H,55,56,57)(H,58,59,60)(H,61,62,63)(H,64,65,66)/t6-,7-,8-,9-,10-,11-,12-,13-,14-,15-,16-,17-,18+,19-,20-,21+,22+,23-,24+,25-,28+,29-,30-,31-,32-/m1/s1. The van der Waals surface area contributed by atoms with E-state index in [2.05, 4.69) is 16.7 Å². The first-order chi connectivity index (χ1) is 38.7. The maximum Gasteiger partial charge on any atom is 0.397 e. The minimum atomic E-state index is -6.06. The number of aliphatic hydroxyl groups is 8. The number of amides is 1. The van der Waals surface area contributed by atoms with Crippen molar-refractivity contribution in [3.63, 3.8) is 0 Å². The topological polar surface area (TPSA) is 736 Å². The zero-order valence-corrected chi connectivity index (χ0v) is 46.5. The molecule has 0 saturated carbocycles. The largest absolute Gasteiger partial charge is 0.479 e. The number of aliphatic hydroxyl groups excluding tert-OH is 8. The Morgan fingerprint density at radius 3 is 1.24 bits per heavy atom. The first-order valence-electron chi connectivity index (χ1n) is 22.7. The maximum atomic E-state index is 12.9. The summed E-state index contributed by atoms with van der Waals surface area (Å²) in [6, 6.07) is -7.38. The van der Waals surface area contributed by atoms with Gasteiger partial charge in [0.2, 0.25) is 5.91 Å². The highest BCUT2D eigenvalue weighted by molar-refractivity contribution is 7.84. The number of aliphatic carboxylic acids is 2. The number of carbonyl (C=O) groups excluding carboxylic acids is 1. The van der Waals surface area contributed by atoms with Crippen molar-refractivity contribution in [2.24, 2.45) is 0 Å². The van der Waals surface area contributed by atoms with Gasteiger partial charge < -0.3 is 99.0 Å². The summed E-state index contributed by atoms with van der Waals surface area (Å²) in [4.78, 5) is 37.6. The van der Waals surface area contributed by atoms with Crippen LogP contribution in [0.3, 0.4) is 0 Å². The first-order valence-corrected chi connectivity index (χ1v) is 31.1. The van der Waals surface area contributed by atoms with Crippen molar-refractivity contribution in [3.8, 4) is 0 Å². The maximum absolute atomic E-state index is 12.9. The SMILES string of the molecule is CC(=O)N[C@H]1[C@@H](O[C@H]2[C@H](O)[C@@H](O)[C@H](O[C@H]3[C@H](O)[C@@H](NS(=O)(=O)O)[C@@H](O[C@H]4[C@H](O)[C@@H](OS(=O)(=O)O)[C@H](O[C@H]5[C@H](O)[C@@H](NS(=O)(=O)O)[C@@H](O)O[C@@H]5COS(=O)(=O)O)O[C@H]4C(=O)O)O[C@@H]3COS(=O)(=O)O)O[C@@H]2C(=O)O)O[C@H](COS(=O)(=O)O)[C@@H](O)[C@@H]1O. The molecule has 496 valence electrons. The highest BCUT2D eigenvalue weighted by Gasteiger charge is 2.60. The Hall–Kier alpha value is -3.05. The summed E-state index contributed by atoms with van der Waals surface area (Å²) in [6.45, 7) is -3.83. The Balaban J connectivity index is 1.51. The molecule has 0 aromatic rings. The number of hydrogen-bond acceptors (Lipinski definition) is 36. The van der Waals surface area contributed by atoms with Crippen LogP contribution < -0.4 is 14.8 Å². The number of nitrogens with one attached hydrogen (secondary N) is 3. The van der Waals surface area contributed by atoms with Gasteiger partial charge in [0.15, 0.2) is 49.8 Å². The highest BCUT2D eigenvalue weighted by Crippen LogP contribution is 2.37. The molecule has 0 aromatic carbocycles. The van der Waals surface area contributed by atoms with Crippen molar-refractivity contribution in [3.05, 3.63) is 0 Å². The molecule has 5 rings (SSSR count). The van der Waals surface area contributed by atoms with Gasteiger partial charge in [-0.2, -0.15) is 60.0 Å². The van der Waals surface area contributed by atoms with Crippen LogP contribution in [0.25, 0.3) is 0 Å². The number of ether oxygens (including phenoxy) is 9. The van der Waals surface area contributed by atoms with Gasteiger partial charge in [-0.15, -0.1) is 0 Å². The zero-order chi connectivity index (χ0) is 64.6. The average molecular weight is 1380 g/mol. The predicted octanol–water partition coefficient (Wildman–Crippen LogP) is -13.5. The molecule has 5 fully saturated rings. The van der Waals surface area contributed by atoms with E-state index in [0.717, 1.165) is 6.92 Å². The third-order valence-corrected chi connectivity index (χ3v) is 15.0. The second-order valence-corrected chi connectivity index (χ2v) is 24.8. The van der Waals surface area contributed by atoms with Gasteiger partial charge in [0.1, 0.15) is 104 Å². The molecular formula is C32H53N3O44S6. The average Bonchev–Trinajstić information content (AvgIpc) is 0.969. The molecule has 53 heteroatoms. The summed E-state index contributed by atoms with van der Waals surface area (Å²) >= 11 is 0. The van der Waals surface area contributed by atoms with Gasteiger partial charge in [0, 0.05) is 6.92 Å². The van der Waals surface area contributed by atoms with Gasteiger partial charge in [0.05, 0.1) is 19.8 Å². The van der Waals surface area contributed by atoms with Gasteiger partial charge in [-0.3, -0.25) is 32.1 Å². The minimum absolute atomic E-state index is 0.834. The lowest BCUT2D eigenvalue weighted by Gasteiger charge is -2.50. The molecular weight excluding hydrogens is 1320 g/mol. The van der Waals surface area contributed by atoms with E-state index in [1.807, 2.05) is 5.32 Å². The van der Waals surface area contributed by atoms with Gasteiger partial charge in [-0.1, -0.05) is 0 Å². The fraction of sp³-hybridized carbons (Fsp3) is 0.906. The molecule has 0 aromatic heterocycles. The summed E-state index contributed by atoms with van der Waals surface area (Å²) in [5.41, 5.74) is 0. The van der Waals surface area contributed by atoms with Gasteiger partial charge in [0.25, 0.3) is 0 Å². The van der Waals surface area contributed by atoms with Gasteiger partial charge >= 0.3 is 74.1 Å². The molecule has 0 bridgehead atoms. The lowest BCUT2D eigenvalue weighted by atomic mass is 9.94. The minimum Gasteiger partial charge on any atom is -0.479 e. The smallest absolute Gasteiger partial charge is 0.397 e. The Kier molecular flexibility index (Phi) is 23.9. The molecule has 0 unspecified atom stereocenters. The van der Waals surface area contributed by atoms with Crippen molar-refractivity contribution in [1.82, 2.24) is 14.8 Å². The number of carbonyl (C=O) groups is 3. The van der Waals surface area contributed by atoms with Crippen molar-refractivity contribution in [2.75, 3.05) is 19.8 Å². The van der Waals surface area contributed by atoms with Crippen LogP contribution in [0.15, 0.2) is 0 Å². The molecule has 5 aliphatic rings. The van der Waals surface area contributed by atoms with Crippen molar-refractivity contribution < 1.29 is 203 Å². The lowest BCUT2D eigenvalue weighted by Crippen LogP contribution is -2.71. The van der Waals surface area contributed by atoms with Crippen molar-refractivity contribution in [1.29, 1.82) is 0 Å². The van der Waals surface area contributed by atoms with E-state index < -0.39 is 253 Å². The van der Waals surface area contributed by atoms with E-state index in [9.17, 15) is 134 Å². The number of carboxylic acids is 2. The highest BCUT2D eigenvalue weighted by atomic mass is 32.3. The molecule has 5 saturated heterocycles. The number of hydrogen-bond donors (Lipinski definition) is 19. The molecule has 0 aliphatic carbocycles. The third kappa shape index (κ3) is 20.2. The van der Waals surface area contributed by atoms with E-state index in [4.69, 9.17) is 51.7 Å². The summed E-state index contributed by atoms with van der Waals surface area (Å²) in [5, 5.41) is 111.